The lowest BCUT2D eigenvalue weighted by Crippen LogP contribution is -2.43. The molecular formula is C13H20N4OS2. The number of hydrogen-bond acceptors (Lipinski definition) is 5. The first-order valence-electron chi connectivity index (χ1n) is 6.88. The van der Waals surface area contributed by atoms with Gasteiger partial charge >= 0.3 is 0 Å². The molecule has 0 unspecified atom stereocenters. The lowest BCUT2D eigenvalue weighted by molar-refractivity contribution is -0.122. The molecule has 0 spiro atoms. The van der Waals surface area contributed by atoms with E-state index in [9.17, 15) is 4.79 Å². The van der Waals surface area contributed by atoms with Crippen molar-refractivity contribution >= 4 is 39.6 Å². The smallest absolute Gasteiger partial charge is 0.239 e. The van der Waals surface area contributed by atoms with E-state index in [4.69, 9.17) is 18.0 Å². The predicted molar refractivity (Wildman–Crippen MR) is 84.8 cm³/mol. The zero-order valence-corrected chi connectivity index (χ0v) is 13.4. The van der Waals surface area contributed by atoms with Crippen LogP contribution in [0.1, 0.15) is 44.5 Å². The molecule has 0 aromatic carbocycles. The van der Waals surface area contributed by atoms with E-state index in [1.807, 2.05) is 0 Å². The first-order chi connectivity index (χ1) is 9.44. The average molecular weight is 312 g/mol. The first kappa shape index (κ1) is 15.3. The minimum atomic E-state index is -0.695. The van der Waals surface area contributed by atoms with Crippen LogP contribution in [0.3, 0.4) is 0 Å². The molecule has 1 amide bonds. The summed E-state index contributed by atoms with van der Waals surface area (Å²) in [6.07, 6.45) is 4.30. The lowest BCUT2D eigenvalue weighted by atomic mass is 9.85. The molecule has 2 rings (SSSR count). The van der Waals surface area contributed by atoms with E-state index >= 15 is 0 Å². The van der Waals surface area contributed by atoms with Crippen LogP contribution in [0.2, 0.25) is 0 Å². The van der Waals surface area contributed by atoms with Gasteiger partial charge in [-0.1, -0.05) is 50.2 Å². The van der Waals surface area contributed by atoms with E-state index in [0.29, 0.717) is 16.0 Å². The Morgan fingerprint density at radius 2 is 2.10 bits per heavy atom. The molecule has 1 heterocycles. The van der Waals surface area contributed by atoms with Crippen LogP contribution in [0.25, 0.3) is 0 Å². The van der Waals surface area contributed by atoms with Crippen molar-refractivity contribution < 1.29 is 4.79 Å². The Kier molecular flexibility index (Phi) is 4.70. The van der Waals surface area contributed by atoms with Crippen LogP contribution in [-0.4, -0.2) is 21.1 Å². The van der Waals surface area contributed by atoms with Crippen LogP contribution in [0.5, 0.6) is 0 Å². The van der Waals surface area contributed by atoms with Gasteiger partial charge in [-0.15, -0.1) is 10.2 Å². The second-order valence-corrected chi connectivity index (χ2v) is 7.21. The summed E-state index contributed by atoms with van der Waals surface area (Å²) in [4.78, 5) is 12.8. The third-order valence-corrected chi connectivity index (χ3v) is 4.89. The van der Waals surface area contributed by atoms with E-state index in [-0.39, 0.29) is 5.91 Å². The quantitative estimate of drug-likeness (QED) is 0.817. The molecule has 5 nitrogen and oxygen atoms in total. The number of anilines is 1. The monoisotopic (exact) mass is 312 g/mol. The molecule has 3 N–H and O–H groups in total. The van der Waals surface area contributed by atoms with Crippen molar-refractivity contribution in [2.24, 2.45) is 17.1 Å². The van der Waals surface area contributed by atoms with Gasteiger partial charge in [0.2, 0.25) is 11.0 Å². The highest BCUT2D eigenvalue weighted by atomic mass is 32.1. The summed E-state index contributed by atoms with van der Waals surface area (Å²) >= 11 is 6.53. The van der Waals surface area contributed by atoms with E-state index in [0.717, 1.165) is 37.1 Å². The van der Waals surface area contributed by atoms with Crippen LogP contribution in [-0.2, 0) is 11.2 Å². The lowest BCUT2D eigenvalue weighted by Gasteiger charge is -2.25. The summed E-state index contributed by atoms with van der Waals surface area (Å²) in [5, 5.41) is 12.4. The number of nitrogens with one attached hydrogen (secondary N) is 1. The van der Waals surface area contributed by atoms with Crippen molar-refractivity contribution in [1.29, 1.82) is 0 Å². The fourth-order valence-electron chi connectivity index (χ4n) is 2.52. The summed E-state index contributed by atoms with van der Waals surface area (Å²) in [7, 11) is 0. The van der Waals surface area contributed by atoms with Gasteiger partial charge in [0.25, 0.3) is 0 Å². The fraction of sp³-hybridized carbons (Fsp3) is 0.692. The molecule has 1 aliphatic carbocycles. The maximum Gasteiger partial charge on any atom is 0.239 e. The molecule has 1 aliphatic rings. The van der Waals surface area contributed by atoms with Crippen LogP contribution >= 0.6 is 23.6 Å². The molecule has 20 heavy (non-hydrogen) atoms. The Balaban J connectivity index is 2.07. The molecule has 0 radical (unpaired) electrons. The third-order valence-electron chi connectivity index (χ3n) is 3.63. The Bertz CT molecular complexity index is 506. The molecule has 7 heteroatoms. The van der Waals surface area contributed by atoms with Crippen LogP contribution in [0.4, 0.5) is 5.13 Å². The van der Waals surface area contributed by atoms with Crippen molar-refractivity contribution in [3.63, 3.8) is 0 Å². The molecule has 0 bridgehead atoms. The highest BCUT2D eigenvalue weighted by molar-refractivity contribution is 7.80. The van der Waals surface area contributed by atoms with Gasteiger partial charge in [0, 0.05) is 6.42 Å². The van der Waals surface area contributed by atoms with Gasteiger partial charge in [0.1, 0.15) is 5.01 Å². The Morgan fingerprint density at radius 1 is 1.45 bits per heavy atom. The average Bonchev–Trinajstić information content (AvgIpc) is 2.97. The fourth-order valence-corrected chi connectivity index (χ4v) is 3.76. The second kappa shape index (κ2) is 6.13. The molecule has 1 aromatic rings. The van der Waals surface area contributed by atoms with E-state index < -0.39 is 5.41 Å². The number of thiocarbonyl (C=S) groups is 1. The topological polar surface area (TPSA) is 80.9 Å². The summed E-state index contributed by atoms with van der Waals surface area (Å²) in [6, 6.07) is 0. The molecule has 110 valence electrons. The number of aromatic nitrogens is 2. The molecular weight excluding hydrogens is 292 g/mol. The molecule has 1 fully saturated rings. The number of hydrogen-bond donors (Lipinski definition) is 2. The Hall–Kier alpha value is -1.08. The van der Waals surface area contributed by atoms with E-state index in [1.54, 1.807) is 0 Å². The van der Waals surface area contributed by atoms with Gasteiger partial charge < -0.3 is 5.73 Å². The maximum absolute atomic E-state index is 12.5. The minimum Gasteiger partial charge on any atom is -0.392 e. The van der Waals surface area contributed by atoms with Crippen LogP contribution in [0.15, 0.2) is 0 Å². The zero-order valence-electron chi connectivity index (χ0n) is 11.8. The van der Waals surface area contributed by atoms with E-state index in [2.05, 4.69) is 29.4 Å². The SMILES string of the molecule is CC(C)Cc1nnc(NC(=O)C2(C(N)=S)CCCC2)s1. The van der Waals surface area contributed by atoms with Gasteiger partial charge in [0.15, 0.2) is 0 Å². The highest BCUT2D eigenvalue weighted by Crippen LogP contribution is 2.39. The van der Waals surface area contributed by atoms with E-state index in [1.165, 1.54) is 11.3 Å². The molecule has 0 atom stereocenters. The summed E-state index contributed by atoms with van der Waals surface area (Å²) in [6.45, 7) is 4.25. The second-order valence-electron chi connectivity index (χ2n) is 5.71. The van der Waals surface area contributed by atoms with Crippen molar-refractivity contribution in [3.8, 4) is 0 Å². The zero-order chi connectivity index (χ0) is 14.8. The van der Waals surface area contributed by atoms with Crippen molar-refractivity contribution in [2.45, 2.75) is 46.0 Å². The standard InChI is InChI=1S/C13H20N4OS2/c1-8(2)7-9-16-17-12(20-9)15-11(18)13(10(14)19)5-3-4-6-13/h8H,3-7H2,1-2H3,(H2,14,19)(H,15,17,18). The minimum absolute atomic E-state index is 0.130. The molecule has 0 aliphatic heterocycles. The number of carbonyl (C=O) groups is 1. The maximum atomic E-state index is 12.5. The largest absolute Gasteiger partial charge is 0.392 e. The number of rotatable bonds is 5. The Morgan fingerprint density at radius 3 is 2.65 bits per heavy atom. The molecule has 1 saturated carbocycles. The van der Waals surface area contributed by atoms with Gasteiger partial charge in [0.05, 0.1) is 10.4 Å². The number of amides is 1. The summed E-state index contributed by atoms with van der Waals surface area (Å²) in [5.74, 6) is 0.388. The molecule has 0 saturated heterocycles. The van der Waals surface area contributed by atoms with Crippen molar-refractivity contribution in [2.75, 3.05) is 5.32 Å². The van der Waals surface area contributed by atoms with Gasteiger partial charge in [-0.05, 0) is 18.8 Å². The molecule has 1 aromatic heterocycles. The van der Waals surface area contributed by atoms with Gasteiger partial charge in [-0.2, -0.15) is 0 Å². The normalized spacial score (nSPS) is 17.4. The summed E-state index contributed by atoms with van der Waals surface area (Å²) in [5.41, 5.74) is 5.10. The Labute approximate surface area is 128 Å². The van der Waals surface area contributed by atoms with Crippen LogP contribution in [0, 0.1) is 11.3 Å². The van der Waals surface area contributed by atoms with Crippen LogP contribution < -0.4 is 11.1 Å². The third kappa shape index (κ3) is 3.15. The number of nitrogens with zero attached hydrogens (tertiary/aromatic N) is 2. The van der Waals surface area contributed by atoms with Gasteiger partial charge in [-0.3, -0.25) is 10.1 Å². The van der Waals surface area contributed by atoms with Crippen molar-refractivity contribution in [3.05, 3.63) is 5.01 Å². The van der Waals surface area contributed by atoms with Gasteiger partial charge in [-0.25, -0.2) is 0 Å². The number of carbonyl (C=O) groups excluding carboxylic acids is 1. The number of nitrogens with two attached hydrogens (primary N) is 1. The first-order valence-corrected chi connectivity index (χ1v) is 8.10. The predicted octanol–water partition coefficient (Wildman–Crippen LogP) is 2.52. The highest BCUT2D eigenvalue weighted by Gasteiger charge is 2.44. The summed E-state index contributed by atoms with van der Waals surface area (Å²) < 4.78 is 0. The van der Waals surface area contributed by atoms with Crippen molar-refractivity contribution in [1.82, 2.24) is 10.2 Å².